The number of fused-ring (bicyclic) bond motifs is 2. The second kappa shape index (κ2) is 14.1. The zero-order valence-electron chi connectivity index (χ0n) is 23.1. The van der Waals surface area contributed by atoms with Crippen LogP contribution in [0.15, 0.2) is 47.6 Å². The first-order valence-corrected chi connectivity index (χ1v) is 12.6. The van der Waals surface area contributed by atoms with E-state index in [9.17, 15) is 30.0 Å². The highest BCUT2D eigenvalue weighted by Crippen LogP contribution is 2.41. The smallest absolute Gasteiger partial charge is 0.405 e. The molecular formula is C28H40N2O9. The van der Waals surface area contributed by atoms with Crippen LogP contribution < -0.4 is 11.1 Å². The molecule has 39 heavy (non-hydrogen) atoms. The predicted molar refractivity (Wildman–Crippen MR) is 145 cm³/mol. The molecular weight excluding hydrogens is 508 g/mol. The number of aliphatic hydroxyl groups is 2. The molecule has 0 aromatic heterocycles. The fourth-order valence-electron chi connectivity index (χ4n) is 4.67. The number of phenolic OH excluding ortho intramolecular Hbond substituents is 2. The molecule has 0 saturated heterocycles. The SMILES string of the molecule is COC1C=CC=C(C)C(=O)Nc2cc(O)cc(c2O)C(OC)C(C)CC(O)C(O)C(C)C=C(C)C1OC(N)=O. The van der Waals surface area contributed by atoms with Gasteiger partial charge in [0.2, 0.25) is 0 Å². The Morgan fingerprint density at radius 1 is 1.08 bits per heavy atom. The second-order valence-electron chi connectivity index (χ2n) is 9.87. The largest absolute Gasteiger partial charge is 0.508 e. The summed E-state index contributed by atoms with van der Waals surface area (Å²) >= 11 is 0. The number of amides is 2. The number of methoxy groups -OCH3 is 2. The molecule has 1 heterocycles. The molecule has 7 unspecified atom stereocenters. The number of anilines is 1. The third kappa shape index (κ3) is 8.30. The van der Waals surface area contributed by atoms with Gasteiger partial charge in [-0.2, -0.15) is 0 Å². The number of nitrogens with one attached hydrogen (secondary N) is 1. The molecule has 0 aliphatic carbocycles. The highest BCUT2D eigenvalue weighted by Gasteiger charge is 2.31. The first kappa shape index (κ1) is 31.8. The van der Waals surface area contributed by atoms with E-state index in [0.717, 1.165) is 0 Å². The summed E-state index contributed by atoms with van der Waals surface area (Å²) in [5.74, 6) is -2.06. The Balaban J connectivity index is 2.63. The van der Waals surface area contributed by atoms with E-state index in [1.54, 1.807) is 45.9 Å². The van der Waals surface area contributed by atoms with Gasteiger partial charge in [0.25, 0.3) is 5.91 Å². The van der Waals surface area contributed by atoms with Gasteiger partial charge in [0.15, 0.2) is 6.10 Å². The normalized spacial score (nSPS) is 29.2. The fraction of sp³-hybridized carbons (Fsp3) is 0.500. The molecule has 1 aromatic rings. The lowest BCUT2D eigenvalue weighted by Gasteiger charge is -2.30. The Hall–Kier alpha value is -3.38. The summed E-state index contributed by atoms with van der Waals surface area (Å²) in [6.07, 6.45) is 0.389. The van der Waals surface area contributed by atoms with Crippen LogP contribution in [-0.2, 0) is 19.0 Å². The quantitative estimate of drug-likeness (QED) is 0.188. The molecule has 0 spiro atoms. The van der Waals surface area contributed by atoms with Crippen LogP contribution in [-0.4, -0.2) is 71.1 Å². The van der Waals surface area contributed by atoms with Gasteiger partial charge in [-0.05, 0) is 37.8 Å². The number of carbonyl (C=O) groups is 2. The number of nitrogens with two attached hydrogens (primary N) is 1. The van der Waals surface area contributed by atoms with E-state index in [2.05, 4.69) is 5.32 Å². The average Bonchev–Trinajstić information content (AvgIpc) is 2.86. The molecule has 0 saturated carbocycles. The zero-order valence-corrected chi connectivity index (χ0v) is 23.1. The van der Waals surface area contributed by atoms with Crippen molar-refractivity contribution in [1.29, 1.82) is 0 Å². The minimum atomic E-state index is -1.20. The molecule has 216 valence electrons. The van der Waals surface area contributed by atoms with E-state index in [4.69, 9.17) is 19.9 Å². The first-order valence-electron chi connectivity index (χ1n) is 12.6. The van der Waals surface area contributed by atoms with E-state index in [1.165, 1.54) is 32.4 Å². The Morgan fingerprint density at radius 3 is 2.33 bits per heavy atom. The average molecular weight is 549 g/mol. The number of aliphatic hydroxyl groups excluding tert-OH is 2. The topological polar surface area (TPSA) is 181 Å². The minimum absolute atomic E-state index is 0.0300. The van der Waals surface area contributed by atoms with Crippen LogP contribution in [0.5, 0.6) is 11.5 Å². The Bertz CT molecular complexity index is 1110. The minimum Gasteiger partial charge on any atom is -0.508 e. The van der Waals surface area contributed by atoms with Crippen LogP contribution in [0.3, 0.4) is 0 Å². The second-order valence-corrected chi connectivity index (χ2v) is 9.87. The Labute approximate surface area is 228 Å². The molecule has 2 amide bonds. The van der Waals surface area contributed by atoms with Crippen molar-refractivity contribution < 1.29 is 44.2 Å². The Kier molecular flexibility index (Phi) is 11.5. The van der Waals surface area contributed by atoms with E-state index < -0.39 is 54.4 Å². The van der Waals surface area contributed by atoms with Crippen LogP contribution in [0.2, 0.25) is 0 Å². The van der Waals surface area contributed by atoms with Gasteiger partial charge in [-0.1, -0.05) is 38.2 Å². The van der Waals surface area contributed by atoms with Gasteiger partial charge in [-0.3, -0.25) is 4.79 Å². The highest BCUT2D eigenvalue weighted by atomic mass is 16.6. The van der Waals surface area contributed by atoms with Crippen molar-refractivity contribution in [3.05, 3.63) is 53.1 Å². The maximum absolute atomic E-state index is 12.8. The maximum atomic E-state index is 12.8. The first-order chi connectivity index (χ1) is 18.3. The van der Waals surface area contributed by atoms with Crippen molar-refractivity contribution in [3.63, 3.8) is 0 Å². The van der Waals surface area contributed by atoms with Crippen LogP contribution >= 0.6 is 0 Å². The van der Waals surface area contributed by atoms with Crippen molar-refractivity contribution in [2.75, 3.05) is 19.5 Å². The van der Waals surface area contributed by atoms with Crippen molar-refractivity contribution in [1.82, 2.24) is 0 Å². The molecule has 1 aliphatic rings. The summed E-state index contributed by atoms with van der Waals surface area (Å²) in [6, 6.07) is 2.53. The van der Waals surface area contributed by atoms with E-state index >= 15 is 0 Å². The number of carbonyl (C=O) groups excluding carboxylic acids is 2. The zero-order chi connectivity index (χ0) is 29.4. The van der Waals surface area contributed by atoms with Gasteiger partial charge in [-0.25, -0.2) is 4.79 Å². The van der Waals surface area contributed by atoms with Crippen LogP contribution in [0.25, 0.3) is 0 Å². The van der Waals surface area contributed by atoms with Crippen LogP contribution in [0.4, 0.5) is 10.5 Å². The third-order valence-corrected chi connectivity index (χ3v) is 6.79. The molecule has 11 heteroatoms. The third-order valence-electron chi connectivity index (χ3n) is 6.79. The van der Waals surface area contributed by atoms with Crippen molar-refractivity contribution in [2.45, 2.75) is 64.6 Å². The van der Waals surface area contributed by atoms with Gasteiger partial charge in [-0.15, -0.1) is 0 Å². The molecule has 1 aliphatic heterocycles. The number of benzene rings is 1. The number of phenols is 2. The number of allylic oxidation sites excluding steroid dienone is 2. The molecule has 2 rings (SSSR count). The standard InChI is InChI=1S/C28H40N2O9/c1-14-8-7-9-22(37-5)26(39-28(29)36)16(3)10-15(2)23(33)21(32)11-17(4)25(38-6)19-12-18(31)13-20(24(19)34)30-27(14)35/h7-10,12-13,15,17,21-23,25-26,31-34H,11H2,1-6H3,(H2,29,36)(H,30,35). The number of ether oxygens (including phenoxy) is 3. The fourth-order valence-corrected chi connectivity index (χ4v) is 4.67. The summed E-state index contributed by atoms with van der Waals surface area (Å²) in [5, 5.41) is 45.6. The number of rotatable bonds is 3. The lowest BCUT2D eigenvalue weighted by molar-refractivity contribution is -0.112. The van der Waals surface area contributed by atoms with Gasteiger partial charge < -0.3 is 45.7 Å². The molecule has 0 radical (unpaired) electrons. The highest BCUT2D eigenvalue weighted by molar-refractivity contribution is 6.04. The molecule has 1 aromatic carbocycles. The van der Waals surface area contributed by atoms with Crippen LogP contribution in [0.1, 0.15) is 45.8 Å². The number of primary amides is 1. The molecule has 0 fully saturated rings. The lowest BCUT2D eigenvalue weighted by atomic mass is 9.86. The predicted octanol–water partition coefficient (Wildman–Crippen LogP) is 3.05. The van der Waals surface area contributed by atoms with Gasteiger partial charge in [0.05, 0.1) is 24.0 Å². The van der Waals surface area contributed by atoms with Gasteiger partial charge in [0, 0.05) is 37.3 Å². The van der Waals surface area contributed by atoms with Crippen molar-refractivity contribution in [3.8, 4) is 11.5 Å². The number of aromatic hydroxyl groups is 2. The van der Waals surface area contributed by atoms with Gasteiger partial charge >= 0.3 is 6.09 Å². The maximum Gasteiger partial charge on any atom is 0.405 e. The molecule has 11 nitrogen and oxygen atoms in total. The molecule has 2 bridgehead atoms. The Morgan fingerprint density at radius 2 is 1.74 bits per heavy atom. The molecule has 7 atom stereocenters. The van der Waals surface area contributed by atoms with Crippen molar-refractivity contribution in [2.24, 2.45) is 17.6 Å². The summed E-state index contributed by atoms with van der Waals surface area (Å²) < 4.78 is 16.4. The van der Waals surface area contributed by atoms with E-state index in [-0.39, 0.29) is 34.7 Å². The van der Waals surface area contributed by atoms with Crippen molar-refractivity contribution >= 4 is 17.7 Å². The summed E-state index contributed by atoms with van der Waals surface area (Å²) in [7, 11) is 2.83. The summed E-state index contributed by atoms with van der Waals surface area (Å²) in [4.78, 5) is 24.5. The monoisotopic (exact) mass is 548 g/mol. The summed E-state index contributed by atoms with van der Waals surface area (Å²) in [6.45, 7) is 6.70. The lowest BCUT2D eigenvalue weighted by Crippen LogP contribution is -2.36. The summed E-state index contributed by atoms with van der Waals surface area (Å²) in [5.41, 5.74) is 6.26. The van der Waals surface area contributed by atoms with E-state index in [0.29, 0.717) is 5.57 Å². The van der Waals surface area contributed by atoms with Crippen LogP contribution in [0, 0.1) is 11.8 Å². The number of hydrogen-bond donors (Lipinski definition) is 6. The number of hydrogen-bond acceptors (Lipinski definition) is 9. The van der Waals surface area contributed by atoms with Gasteiger partial charge in [0.1, 0.15) is 17.6 Å². The van der Waals surface area contributed by atoms with E-state index in [1.807, 2.05) is 0 Å². The molecule has 7 N–H and O–H groups in total.